The summed E-state index contributed by atoms with van der Waals surface area (Å²) < 4.78 is 2.08. The molecule has 3 aromatic rings. The highest BCUT2D eigenvalue weighted by molar-refractivity contribution is 6.30. The number of amides is 4. The van der Waals surface area contributed by atoms with E-state index >= 15 is 0 Å². The Morgan fingerprint density at radius 3 is 2.39 bits per heavy atom. The number of hydrogen-bond acceptors (Lipinski definition) is 3. The average molecular weight is 373 g/mol. The standard InChI is InChI=1S/C22H19N3O3/c1-13-10-17(12-19-20(26)23-22(28)24(3)21(19)27)14(2)25(13)18-9-8-15-6-4-5-7-16(15)11-18/h4-12H,1-3H3,(H,23,26,28). The number of imide groups is 2. The molecule has 6 nitrogen and oxygen atoms in total. The van der Waals surface area contributed by atoms with Gasteiger partial charge in [-0.25, -0.2) is 4.79 Å². The smallest absolute Gasteiger partial charge is 0.318 e. The number of carbonyl (C=O) groups is 3. The summed E-state index contributed by atoms with van der Waals surface area (Å²) >= 11 is 0. The third-order valence-corrected chi connectivity index (χ3v) is 5.07. The average Bonchev–Trinajstić information content (AvgIpc) is 2.96. The molecule has 28 heavy (non-hydrogen) atoms. The number of aryl methyl sites for hydroxylation is 1. The lowest BCUT2D eigenvalue weighted by Crippen LogP contribution is -2.52. The number of nitrogens with zero attached hydrogens (tertiary/aromatic N) is 2. The van der Waals surface area contributed by atoms with Crippen molar-refractivity contribution in [3.8, 4) is 5.69 Å². The third-order valence-electron chi connectivity index (χ3n) is 5.07. The largest absolute Gasteiger partial charge is 0.331 e. The van der Waals surface area contributed by atoms with Gasteiger partial charge in [0, 0.05) is 24.1 Å². The van der Waals surface area contributed by atoms with Gasteiger partial charge < -0.3 is 4.57 Å². The monoisotopic (exact) mass is 373 g/mol. The zero-order chi connectivity index (χ0) is 20.0. The maximum atomic E-state index is 12.3. The summed E-state index contributed by atoms with van der Waals surface area (Å²) in [6.45, 7) is 3.91. The van der Waals surface area contributed by atoms with Gasteiger partial charge in [-0.1, -0.05) is 30.3 Å². The molecule has 1 aliphatic heterocycles. The summed E-state index contributed by atoms with van der Waals surface area (Å²) in [5.41, 5.74) is 3.59. The van der Waals surface area contributed by atoms with E-state index in [4.69, 9.17) is 0 Å². The first-order valence-corrected chi connectivity index (χ1v) is 8.90. The van der Waals surface area contributed by atoms with Crippen LogP contribution < -0.4 is 5.32 Å². The van der Waals surface area contributed by atoms with Gasteiger partial charge in [-0.05, 0) is 54.5 Å². The fraction of sp³-hybridized carbons (Fsp3) is 0.136. The van der Waals surface area contributed by atoms with Crippen molar-refractivity contribution in [2.75, 3.05) is 7.05 Å². The minimum atomic E-state index is -0.714. The molecular weight excluding hydrogens is 354 g/mol. The maximum Gasteiger partial charge on any atom is 0.331 e. The molecule has 1 aliphatic rings. The summed E-state index contributed by atoms with van der Waals surface area (Å²) in [7, 11) is 1.34. The number of aromatic nitrogens is 1. The fourth-order valence-electron chi connectivity index (χ4n) is 3.55. The van der Waals surface area contributed by atoms with Crippen LogP contribution in [0.15, 0.2) is 54.1 Å². The zero-order valence-electron chi connectivity index (χ0n) is 15.8. The van der Waals surface area contributed by atoms with Crippen molar-refractivity contribution in [3.05, 3.63) is 71.1 Å². The van der Waals surface area contributed by atoms with E-state index in [9.17, 15) is 14.4 Å². The summed E-state index contributed by atoms with van der Waals surface area (Å²) in [6, 6.07) is 15.6. The molecule has 140 valence electrons. The van der Waals surface area contributed by atoms with Crippen molar-refractivity contribution in [3.63, 3.8) is 0 Å². The van der Waals surface area contributed by atoms with Gasteiger partial charge in [-0.3, -0.25) is 19.8 Å². The molecular formula is C22H19N3O3. The van der Waals surface area contributed by atoms with Gasteiger partial charge in [0.15, 0.2) is 0 Å². The Labute approximate surface area is 162 Å². The van der Waals surface area contributed by atoms with E-state index in [1.54, 1.807) is 6.08 Å². The van der Waals surface area contributed by atoms with Crippen LogP contribution in [0, 0.1) is 13.8 Å². The lowest BCUT2D eigenvalue weighted by Gasteiger charge is -2.22. The molecule has 1 aromatic heterocycles. The number of hydrogen-bond donors (Lipinski definition) is 1. The van der Waals surface area contributed by atoms with E-state index in [-0.39, 0.29) is 5.57 Å². The van der Waals surface area contributed by atoms with Crippen LogP contribution in [-0.4, -0.2) is 34.4 Å². The van der Waals surface area contributed by atoms with Gasteiger partial charge in [0.1, 0.15) is 5.57 Å². The Bertz CT molecular complexity index is 1190. The molecule has 0 saturated carbocycles. The van der Waals surface area contributed by atoms with Crippen LogP contribution in [0.3, 0.4) is 0 Å². The first-order valence-electron chi connectivity index (χ1n) is 8.90. The molecule has 0 aliphatic carbocycles. The van der Waals surface area contributed by atoms with Crippen LogP contribution in [0.5, 0.6) is 0 Å². The van der Waals surface area contributed by atoms with Gasteiger partial charge in [0.05, 0.1) is 0 Å². The maximum absolute atomic E-state index is 12.3. The Kier molecular flexibility index (Phi) is 4.11. The molecule has 1 saturated heterocycles. The van der Waals surface area contributed by atoms with E-state index in [0.717, 1.165) is 38.3 Å². The lowest BCUT2D eigenvalue weighted by atomic mass is 10.1. The first-order chi connectivity index (χ1) is 13.4. The minimum Gasteiger partial charge on any atom is -0.318 e. The summed E-state index contributed by atoms with van der Waals surface area (Å²) in [5.74, 6) is -1.28. The zero-order valence-corrected chi connectivity index (χ0v) is 15.8. The Hall–Kier alpha value is -3.67. The first kappa shape index (κ1) is 17.7. The number of rotatable bonds is 2. The molecule has 0 unspecified atom stereocenters. The second kappa shape index (κ2) is 6.49. The van der Waals surface area contributed by atoms with E-state index in [1.807, 2.05) is 38.1 Å². The van der Waals surface area contributed by atoms with Gasteiger partial charge >= 0.3 is 6.03 Å². The third kappa shape index (κ3) is 2.79. The molecule has 0 radical (unpaired) electrons. The number of benzene rings is 2. The van der Waals surface area contributed by atoms with Gasteiger partial charge in [-0.15, -0.1) is 0 Å². The van der Waals surface area contributed by atoms with Crippen molar-refractivity contribution >= 4 is 34.7 Å². The molecule has 4 rings (SSSR count). The van der Waals surface area contributed by atoms with Crippen molar-refractivity contribution in [2.45, 2.75) is 13.8 Å². The molecule has 0 atom stereocenters. The van der Waals surface area contributed by atoms with Crippen LogP contribution in [0.1, 0.15) is 17.0 Å². The van der Waals surface area contributed by atoms with Crippen LogP contribution in [-0.2, 0) is 9.59 Å². The highest BCUT2D eigenvalue weighted by Gasteiger charge is 2.33. The Morgan fingerprint density at radius 2 is 1.64 bits per heavy atom. The highest BCUT2D eigenvalue weighted by atomic mass is 16.2. The quantitative estimate of drug-likeness (QED) is 0.553. The fourth-order valence-corrected chi connectivity index (χ4v) is 3.55. The molecule has 1 N–H and O–H groups in total. The molecule has 2 aromatic carbocycles. The second-order valence-electron chi connectivity index (χ2n) is 6.87. The number of fused-ring (bicyclic) bond motifs is 1. The Balaban J connectivity index is 1.80. The summed E-state index contributed by atoms with van der Waals surface area (Å²) in [4.78, 5) is 36.9. The van der Waals surface area contributed by atoms with Crippen molar-refractivity contribution in [2.24, 2.45) is 0 Å². The van der Waals surface area contributed by atoms with Gasteiger partial charge in [0.2, 0.25) is 0 Å². The predicted octanol–water partition coefficient (Wildman–Crippen LogP) is 3.34. The van der Waals surface area contributed by atoms with E-state index in [1.165, 1.54) is 7.05 Å². The lowest BCUT2D eigenvalue weighted by molar-refractivity contribution is -0.129. The summed E-state index contributed by atoms with van der Waals surface area (Å²) in [5, 5.41) is 4.47. The number of barbiturate groups is 1. The number of urea groups is 1. The van der Waals surface area contributed by atoms with E-state index in [2.05, 4.69) is 34.1 Å². The van der Waals surface area contributed by atoms with Crippen LogP contribution in [0.4, 0.5) is 4.79 Å². The molecule has 2 heterocycles. The van der Waals surface area contributed by atoms with Crippen LogP contribution in [0.25, 0.3) is 22.5 Å². The Morgan fingerprint density at radius 1 is 0.929 bits per heavy atom. The number of nitrogens with one attached hydrogen (secondary N) is 1. The predicted molar refractivity (Wildman–Crippen MR) is 107 cm³/mol. The van der Waals surface area contributed by atoms with Gasteiger partial charge in [-0.2, -0.15) is 0 Å². The van der Waals surface area contributed by atoms with Crippen molar-refractivity contribution in [1.29, 1.82) is 0 Å². The van der Waals surface area contributed by atoms with E-state index < -0.39 is 17.8 Å². The molecule has 0 bridgehead atoms. The highest BCUT2D eigenvalue weighted by Crippen LogP contribution is 2.26. The second-order valence-corrected chi connectivity index (χ2v) is 6.87. The minimum absolute atomic E-state index is 0.0548. The van der Waals surface area contributed by atoms with E-state index in [0.29, 0.717) is 0 Å². The number of likely N-dealkylation sites (N-methyl/N-ethyl adjacent to an activating group) is 1. The number of carbonyl (C=O) groups excluding carboxylic acids is 3. The van der Waals surface area contributed by atoms with Crippen molar-refractivity contribution in [1.82, 2.24) is 14.8 Å². The molecule has 6 heteroatoms. The SMILES string of the molecule is Cc1cc(C=C2C(=O)NC(=O)N(C)C2=O)c(C)n1-c1ccc2ccccc2c1. The molecule has 1 fully saturated rings. The normalized spacial score (nSPS) is 16.2. The molecule has 0 spiro atoms. The van der Waals surface area contributed by atoms with Crippen molar-refractivity contribution < 1.29 is 14.4 Å². The van der Waals surface area contributed by atoms with Crippen LogP contribution >= 0.6 is 0 Å². The van der Waals surface area contributed by atoms with Crippen LogP contribution in [0.2, 0.25) is 0 Å². The molecule has 4 amide bonds. The summed E-state index contributed by atoms with van der Waals surface area (Å²) in [6.07, 6.45) is 1.54. The topological polar surface area (TPSA) is 71.4 Å². The van der Waals surface area contributed by atoms with Gasteiger partial charge in [0.25, 0.3) is 11.8 Å².